The molecule has 0 atom stereocenters. The highest BCUT2D eigenvalue weighted by Crippen LogP contribution is 1.87. The van der Waals surface area contributed by atoms with Crippen LogP contribution in [0.1, 0.15) is 13.3 Å². The van der Waals surface area contributed by atoms with E-state index in [2.05, 4.69) is 5.32 Å². The molecule has 0 spiro atoms. The predicted octanol–water partition coefficient (Wildman–Crippen LogP) is -1.35. The van der Waals surface area contributed by atoms with Crippen molar-refractivity contribution in [1.82, 2.24) is 9.62 Å². The fraction of sp³-hybridized carbons (Fsp3) is 0.833. The number of nitrogens with zero attached hydrogens (tertiary/aromatic N) is 1. The first-order valence-corrected chi connectivity index (χ1v) is 5.39. The zero-order valence-corrected chi connectivity index (χ0v) is 8.60. The molecular formula is C6H15N3O3S. The van der Waals surface area contributed by atoms with Crippen LogP contribution in [-0.2, 0) is 15.0 Å². The van der Waals surface area contributed by atoms with Crippen LogP contribution < -0.4 is 10.5 Å². The van der Waals surface area contributed by atoms with Gasteiger partial charge in [-0.25, -0.2) is 5.14 Å². The summed E-state index contributed by atoms with van der Waals surface area (Å²) in [6, 6.07) is 0. The molecule has 0 aromatic carbocycles. The molecule has 0 heterocycles. The lowest BCUT2D eigenvalue weighted by atomic mass is 10.4. The van der Waals surface area contributed by atoms with E-state index < -0.39 is 10.2 Å². The van der Waals surface area contributed by atoms with Crippen LogP contribution in [0.15, 0.2) is 0 Å². The van der Waals surface area contributed by atoms with Gasteiger partial charge in [0.1, 0.15) is 0 Å². The minimum atomic E-state index is -3.75. The molecule has 0 aliphatic carbocycles. The zero-order valence-electron chi connectivity index (χ0n) is 7.78. The number of nitrogens with two attached hydrogens (primary N) is 1. The molecule has 0 aliphatic heterocycles. The maximum atomic E-state index is 11.0. The number of rotatable bonds is 5. The third-order valence-electron chi connectivity index (χ3n) is 1.37. The average Bonchev–Trinajstić information content (AvgIpc) is 1.99. The van der Waals surface area contributed by atoms with Crippen molar-refractivity contribution in [2.45, 2.75) is 13.3 Å². The standard InChI is InChI=1S/C6H15N3O3S/c1-3-4-8-6(10)5-9(2)13(7,11)12/h3-5H2,1-2H3,(H,8,10)(H2,7,11,12). The Bertz CT molecular complexity index is 262. The summed E-state index contributed by atoms with van der Waals surface area (Å²) in [5, 5.41) is 7.31. The lowest BCUT2D eigenvalue weighted by Gasteiger charge is -2.12. The van der Waals surface area contributed by atoms with Gasteiger partial charge in [-0.1, -0.05) is 6.92 Å². The van der Waals surface area contributed by atoms with Gasteiger partial charge in [-0.2, -0.15) is 12.7 Å². The van der Waals surface area contributed by atoms with Crippen molar-refractivity contribution in [1.29, 1.82) is 0 Å². The van der Waals surface area contributed by atoms with E-state index in [1.807, 2.05) is 6.92 Å². The van der Waals surface area contributed by atoms with E-state index in [0.717, 1.165) is 10.7 Å². The average molecular weight is 209 g/mol. The Kier molecular flexibility index (Phi) is 4.89. The predicted molar refractivity (Wildman–Crippen MR) is 49.0 cm³/mol. The van der Waals surface area contributed by atoms with Crippen molar-refractivity contribution >= 4 is 16.1 Å². The molecule has 7 heteroatoms. The van der Waals surface area contributed by atoms with Gasteiger partial charge in [-0.05, 0) is 6.42 Å². The molecule has 0 fully saturated rings. The molecule has 0 aliphatic rings. The Morgan fingerprint density at radius 1 is 1.54 bits per heavy atom. The van der Waals surface area contributed by atoms with E-state index in [1.54, 1.807) is 0 Å². The second kappa shape index (κ2) is 5.15. The second-order valence-corrected chi connectivity index (χ2v) is 4.30. The van der Waals surface area contributed by atoms with Crippen LogP contribution in [0.5, 0.6) is 0 Å². The molecule has 13 heavy (non-hydrogen) atoms. The molecule has 0 bridgehead atoms. The summed E-state index contributed by atoms with van der Waals surface area (Å²) < 4.78 is 22.1. The third-order valence-corrected chi connectivity index (χ3v) is 2.37. The van der Waals surface area contributed by atoms with Gasteiger partial charge < -0.3 is 5.32 Å². The monoisotopic (exact) mass is 209 g/mol. The summed E-state index contributed by atoms with van der Waals surface area (Å²) in [5.41, 5.74) is 0. The Balaban J connectivity index is 3.93. The summed E-state index contributed by atoms with van der Waals surface area (Å²) in [7, 11) is -2.50. The number of hydrogen-bond acceptors (Lipinski definition) is 3. The molecule has 0 radical (unpaired) electrons. The topological polar surface area (TPSA) is 92.5 Å². The van der Waals surface area contributed by atoms with E-state index in [0.29, 0.717) is 6.54 Å². The van der Waals surface area contributed by atoms with Gasteiger partial charge in [0, 0.05) is 13.6 Å². The van der Waals surface area contributed by atoms with Crippen molar-refractivity contribution < 1.29 is 13.2 Å². The molecule has 0 saturated heterocycles. The molecule has 0 aromatic rings. The highest BCUT2D eigenvalue weighted by Gasteiger charge is 2.14. The summed E-state index contributed by atoms with van der Waals surface area (Å²) in [6.45, 7) is 2.21. The molecule has 6 nitrogen and oxygen atoms in total. The van der Waals surface area contributed by atoms with Crippen molar-refractivity contribution in [3.05, 3.63) is 0 Å². The van der Waals surface area contributed by atoms with E-state index in [9.17, 15) is 13.2 Å². The maximum Gasteiger partial charge on any atom is 0.277 e. The van der Waals surface area contributed by atoms with Gasteiger partial charge in [0.2, 0.25) is 5.91 Å². The van der Waals surface area contributed by atoms with Gasteiger partial charge in [-0.15, -0.1) is 0 Å². The molecule has 0 rings (SSSR count). The third kappa shape index (κ3) is 5.56. The lowest BCUT2D eigenvalue weighted by Crippen LogP contribution is -2.41. The van der Waals surface area contributed by atoms with E-state index in [-0.39, 0.29) is 12.5 Å². The van der Waals surface area contributed by atoms with Crippen LogP contribution in [0.3, 0.4) is 0 Å². The number of nitrogens with one attached hydrogen (secondary N) is 1. The number of carbonyl (C=O) groups is 1. The summed E-state index contributed by atoms with van der Waals surface area (Å²) >= 11 is 0. The first-order chi connectivity index (χ1) is 5.88. The SMILES string of the molecule is CCCNC(=O)CN(C)S(N)(=O)=O. The number of carbonyl (C=O) groups excluding carboxylic acids is 1. The van der Waals surface area contributed by atoms with Gasteiger partial charge >= 0.3 is 0 Å². The fourth-order valence-electron chi connectivity index (χ4n) is 0.613. The highest BCUT2D eigenvalue weighted by atomic mass is 32.2. The first-order valence-electron chi connectivity index (χ1n) is 3.88. The second-order valence-electron chi connectivity index (χ2n) is 2.65. The van der Waals surface area contributed by atoms with Gasteiger partial charge in [-0.3, -0.25) is 4.79 Å². The Morgan fingerprint density at radius 3 is 2.46 bits per heavy atom. The van der Waals surface area contributed by atoms with Crippen LogP contribution in [0.4, 0.5) is 0 Å². The van der Waals surface area contributed by atoms with E-state index in [1.165, 1.54) is 7.05 Å². The molecule has 0 aromatic heterocycles. The minimum Gasteiger partial charge on any atom is -0.355 e. The zero-order chi connectivity index (χ0) is 10.5. The van der Waals surface area contributed by atoms with Gasteiger partial charge in [0.05, 0.1) is 6.54 Å². The normalized spacial score (nSPS) is 11.7. The van der Waals surface area contributed by atoms with Crippen molar-refractivity contribution in [3.8, 4) is 0 Å². The fourth-order valence-corrected chi connectivity index (χ4v) is 0.910. The molecule has 1 amide bonds. The largest absolute Gasteiger partial charge is 0.355 e. The van der Waals surface area contributed by atoms with Gasteiger partial charge in [0.25, 0.3) is 10.2 Å². The van der Waals surface area contributed by atoms with E-state index >= 15 is 0 Å². The molecule has 3 N–H and O–H groups in total. The Hall–Kier alpha value is -0.660. The summed E-state index contributed by atoms with van der Waals surface area (Å²) in [6.07, 6.45) is 0.810. The van der Waals surface area contributed by atoms with Crippen molar-refractivity contribution in [3.63, 3.8) is 0 Å². The lowest BCUT2D eigenvalue weighted by molar-refractivity contribution is -0.121. The molecular weight excluding hydrogens is 194 g/mol. The van der Waals surface area contributed by atoms with Crippen LogP contribution in [0.25, 0.3) is 0 Å². The van der Waals surface area contributed by atoms with E-state index in [4.69, 9.17) is 5.14 Å². The van der Waals surface area contributed by atoms with Crippen LogP contribution in [0.2, 0.25) is 0 Å². The number of likely N-dealkylation sites (N-methyl/N-ethyl adjacent to an activating group) is 1. The van der Waals surface area contributed by atoms with Gasteiger partial charge in [0.15, 0.2) is 0 Å². The van der Waals surface area contributed by atoms with Crippen molar-refractivity contribution in [2.24, 2.45) is 5.14 Å². The van der Waals surface area contributed by atoms with Crippen LogP contribution in [-0.4, -0.2) is 38.8 Å². The number of hydrogen-bond donors (Lipinski definition) is 2. The smallest absolute Gasteiger partial charge is 0.277 e. The molecule has 0 unspecified atom stereocenters. The highest BCUT2D eigenvalue weighted by molar-refractivity contribution is 7.86. The van der Waals surface area contributed by atoms with Crippen molar-refractivity contribution in [2.75, 3.05) is 20.1 Å². The first kappa shape index (κ1) is 12.3. The summed E-state index contributed by atoms with van der Waals surface area (Å²) in [4.78, 5) is 11.0. The Morgan fingerprint density at radius 2 is 2.08 bits per heavy atom. The molecule has 0 saturated carbocycles. The molecule has 78 valence electrons. The summed E-state index contributed by atoms with van der Waals surface area (Å²) in [5.74, 6) is -0.349. The number of amides is 1. The van der Waals surface area contributed by atoms with Crippen LogP contribution in [0, 0.1) is 0 Å². The maximum absolute atomic E-state index is 11.0. The quantitative estimate of drug-likeness (QED) is 0.586. The van der Waals surface area contributed by atoms with Crippen LogP contribution >= 0.6 is 0 Å². The minimum absolute atomic E-state index is 0.237. The Labute approximate surface area is 78.3 Å².